The van der Waals surface area contributed by atoms with E-state index in [0.717, 1.165) is 4.83 Å². The summed E-state index contributed by atoms with van der Waals surface area (Å²) in [5.41, 5.74) is 11.6. The van der Waals surface area contributed by atoms with Crippen LogP contribution >= 0.6 is 11.3 Å². The van der Waals surface area contributed by atoms with Gasteiger partial charge in [-0.3, -0.25) is 0 Å². The van der Waals surface area contributed by atoms with Crippen LogP contribution in [0, 0.1) is 0 Å². The molecule has 2 rings (SSSR count). The molecule has 0 saturated heterocycles. The molecule has 0 aliphatic heterocycles. The SMILES string of the molecule is Nc1nn2ccsc2c1N. The van der Waals surface area contributed by atoms with Crippen LogP contribution in [0.2, 0.25) is 0 Å². The highest BCUT2D eigenvalue weighted by Gasteiger charge is 2.05. The molecule has 2 heterocycles. The Hall–Kier alpha value is -1.23. The van der Waals surface area contributed by atoms with Crippen LogP contribution < -0.4 is 11.5 Å². The summed E-state index contributed by atoms with van der Waals surface area (Å²) in [4.78, 5) is 0.914. The Bertz CT molecular complexity index is 360. The summed E-state index contributed by atoms with van der Waals surface area (Å²) in [5.74, 6) is 0.409. The molecule has 0 aromatic carbocycles. The Morgan fingerprint density at radius 1 is 1.50 bits per heavy atom. The van der Waals surface area contributed by atoms with Crippen molar-refractivity contribution in [2.45, 2.75) is 0 Å². The molecule has 0 amide bonds. The van der Waals surface area contributed by atoms with Gasteiger partial charge in [-0.25, -0.2) is 4.52 Å². The Balaban J connectivity index is 2.95. The zero-order valence-electron chi connectivity index (χ0n) is 5.11. The molecule has 2 aromatic rings. The second-order valence-electron chi connectivity index (χ2n) is 1.95. The van der Waals surface area contributed by atoms with Gasteiger partial charge in [0.15, 0.2) is 5.82 Å². The first-order valence-electron chi connectivity index (χ1n) is 2.76. The number of nitrogens with two attached hydrogens (primary N) is 2. The molecule has 0 saturated carbocycles. The van der Waals surface area contributed by atoms with E-state index in [1.54, 1.807) is 4.52 Å². The lowest BCUT2D eigenvalue weighted by atomic mass is 10.5. The molecule has 0 aliphatic rings. The average molecular weight is 154 g/mol. The van der Waals surface area contributed by atoms with Crippen molar-refractivity contribution >= 4 is 27.7 Å². The second kappa shape index (κ2) is 1.63. The molecule has 0 bridgehead atoms. The van der Waals surface area contributed by atoms with Crippen LogP contribution in [0.1, 0.15) is 0 Å². The van der Waals surface area contributed by atoms with E-state index >= 15 is 0 Å². The Morgan fingerprint density at radius 3 is 3.00 bits per heavy atom. The quantitative estimate of drug-likeness (QED) is 0.582. The van der Waals surface area contributed by atoms with Gasteiger partial charge in [-0.1, -0.05) is 0 Å². The van der Waals surface area contributed by atoms with Crippen molar-refractivity contribution in [1.82, 2.24) is 9.61 Å². The minimum atomic E-state index is 0.409. The largest absolute Gasteiger partial charge is 0.393 e. The predicted octanol–water partition coefficient (Wildman–Crippen LogP) is 0.560. The van der Waals surface area contributed by atoms with E-state index in [0.29, 0.717) is 11.5 Å². The number of fused-ring (bicyclic) bond motifs is 1. The lowest BCUT2D eigenvalue weighted by Crippen LogP contribution is -1.90. The normalized spacial score (nSPS) is 10.8. The number of aromatic nitrogens is 2. The molecule has 52 valence electrons. The maximum atomic E-state index is 5.58. The fraction of sp³-hybridized carbons (Fsp3) is 0. The molecule has 4 nitrogen and oxygen atoms in total. The van der Waals surface area contributed by atoms with Crippen molar-refractivity contribution in [3.05, 3.63) is 11.6 Å². The summed E-state index contributed by atoms with van der Waals surface area (Å²) >= 11 is 1.53. The Morgan fingerprint density at radius 2 is 2.30 bits per heavy atom. The topological polar surface area (TPSA) is 69.3 Å². The number of rotatable bonds is 0. The first-order valence-corrected chi connectivity index (χ1v) is 3.64. The van der Waals surface area contributed by atoms with Gasteiger partial charge in [0.05, 0.1) is 0 Å². The van der Waals surface area contributed by atoms with Crippen LogP contribution in [0.15, 0.2) is 11.6 Å². The van der Waals surface area contributed by atoms with Crippen LogP contribution in [-0.4, -0.2) is 9.61 Å². The maximum Gasteiger partial charge on any atom is 0.170 e. The number of nitrogens with zero attached hydrogens (tertiary/aromatic N) is 2. The van der Waals surface area contributed by atoms with Crippen molar-refractivity contribution in [2.75, 3.05) is 11.5 Å². The van der Waals surface area contributed by atoms with E-state index in [1.807, 2.05) is 11.6 Å². The molecule has 0 atom stereocenters. The van der Waals surface area contributed by atoms with Gasteiger partial charge in [0.2, 0.25) is 0 Å². The minimum Gasteiger partial charge on any atom is -0.393 e. The van der Waals surface area contributed by atoms with Gasteiger partial charge >= 0.3 is 0 Å². The standard InChI is InChI=1S/C5H6N4S/c6-3-4(7)8-9-1-2-10-5(3)9/h1-2H,6H2,(H2,7,8). The molecule has 0 unspecified atom stereocenters. The van der Waals surface area contributed by atoms with Crippen molar-refractivity contribution in [3.8, 4) is 0 Å². The first kappa shape index (κ1) is 5.55. The third kappa shape index (κ3) is 0.522. The zero-order chi connectivity index (χ0) is 7.14. The fourth-order valence-electron chi connectivity index (χ4n) is 0.819. The number of hydrogen-bond acceptors (Lipinski definition) is 4. The molecular weight excluding hydrogens is 148 g/mol. The molecule has 5 heteroatoms. The van der Waals surface area contributed by atoms with Crippen molar-refractivity contribution < 1.29 is 0 Å². The van der Waals surface area contributed by atoms with Gasteiger partial charge in [-0.15, -0.1) is 16.4 Å². The summed E-state index contributed by atoms with van der Waals surface area (Å²) in [6.45, 7) is 0. The summed E-state index contributed by atoms with van der Waals surface area (Å²) in [5, 5.41) is 5.87. The van der Waals surface area contributed by atoms with Crippen LogP contribution in [0.4, 0.5) is 11.5 Å². The van der Waals surface area contributed by atoms with E-state index in [-0.39, 0.29) is 0 Å². The Labute approximate surface area is 61.1 Å². The average Bonchev–Trinajstić information content (AvgIpc) is 2.41. The molecule has 0 radical (unpaired) electrons. The van der Waals surface area contributed by atoms with Crippen molar-refractivity contribution in [3.63, 3.8) is 0 Å². The summed E-state index contributed by atoms with van der Waals surface area (Å²) in [6.07, 6.45) is 1.83. The number of thiazole rings is 1. The van der Waals surface area contributed by atoms with E-state index in [9.17, 15) is 0 Å². The van der Waals surface area contributed by atoms with Crippen molar-refractivity contribution in [1.29, 1.82) is 0 Å². The van der Waals surface area contributed by atoms with Gasteiger partial charge < -0.3 is 11.5 Å². The van der Waals surface area contributed by atoms with Gasteiger partial charge in [-0.05, 0) is 0 Å². The lowest BCUT2D eigenvalue weighted by molar-refractivity contribution is 0.985. The molecule has 4 N–H and O–H groups in total. The minimum absolute atomic E-state index is 0.409. The van der Waals surface area contributed by atoms with Crippen LogP contribution in [0.3, 0.4) is 0 Å². The third-order valence-electron chi connectivity index (χ3n) is 1.31. The van der Waals surface area contributed by atoms with E-state index in [1.165, 1.54) is 11.3 Å². The molecule has 0 fully saturated rings. The van der Waals surface area contributed by atoms with Crippen molar-refractivity contribution in [2.24, 2.45) is 0 Å². The highest BCUT2D eigenvalue weighted by atomic mass is 32.1. The number of nitrogen functional groups attached to an aromatic ring is 2. The van der Waals surface area contributed by atoms with E-state index < -0.39 is 0 Å². The van der Waals surface area contributed by atoms with Gasteiger partial charge in [0.1, 0.15) is 10.5 Å². The first-order chi connectivity index (χ1) is 4.79. The van der Waals surface area contributed by atoms with E-state index in [2.05, 4.69) is 5.10 Å². The summed E-state index contributed by atoms with van der Waals surface area (Å²) < 4.78 is 1.68. The van der Waals surface area contributed by atoms with Crippen LogP contribution in [-0.2, 0) is 0 Å². The predicted molar refractivity (Wildman–Crippen MR) is 41.9 cm³/mol. The monoisotopic (exact) mass is 154 g/mol. The van der Waals surface area contributed by atoms with E-state index in [4.69, 9.17) is 11.5 Å². The molecule has 10 heavy (non-hydrogen) atoms. The maximum absolute atomic E-state index is 5.58. The lowest BCUT2D eigenvalue weighted by Gasteiger charge is -1.81. The second-order valence-corrected chi connectivity index (χ2v) is 2.85. The van der Waals surface area contributed by atoms with Gasteiger partial charge in [0, 0.05) is 11.6 Å². The zero-order valence-corrected chi connectivity index (χ0v) is 5.93. The third-order valence-corrected chi connectivity index (χ3v) is 2.20. The highest BCUT2D eigenvalue weighted by molar-refractivity contribution is 7.16. The molecule has 2 aromatic heterocycles. The number of hydrogen-bond donors (Lipinski definition) is 2. The molecule has 0 aliphatic carbocycles. The summed E-state index contributed by atoms with van der Waals surface area (Å²) in [6, 6.07) is 0. The summed E-state index contributed by atoms with van der Waals surface area (Å²) in [7, 11) is 0. The van der Waals surface area contributed by atoms with Gasteiger partial charge in [0.25, 0.3) is 0 Å². The van der Waals surface area contributed by atoms with Crippen LogP contribution in [0.25, 0.3) is 4.83 Å². The van der Waals surface area contributed by atoms with Gasteiger partial charge in [-0.2, -0.15) is 0 Å². The smallest absolute Gasteiger partial charge is 0.170 e. The molecular formula is C5H6N4S. The molecule has 0 spiro atoms. The highest BCUT2D eigenvalue weighted by Crippen LogP contribution is 2.23. The Kier molecular flexibility index (Phi) is 0.906. The number of anilines is 2. The fourth-order valence-corrected chi connectivity index (χ4v) is 1.57. The van der Waals surface area contributed by atoms with Crippen LogP contribution in [0.5, 0.6) is 0 Å².